The van der Waals surface area contributed by atoms with E-state index in [4.69, 9.17) is 0 Å². The standard InChI is InChI=1S/C13H16BrFN2O/c1-2-12-13(18)17(6-5-16-12)8-9-3-4-10(15)7-11(9)14/h3-4,7,12,16H,2,5-6,8H2,1H3. The zero-order valence-electron chi connectivity index (χ0n) is 10.2. The molecule has 1 aromatic carbocycles. The van der Waals surface area contributed by atoms with Gasteiger partial charge in [0.25, 0.3) is 0 Å². The third kappa shape index (κ3) is 2.90. The second-order valence-electron chi connectivity index (χ2n) is 4.41. The first-order chi connectivity index (χ1) is 8.61. The van der Waals surface area contributed by atoms with Gasteiger partial charge in [-0.3, -0.25) is 4.79 Å². The van der Waals surface area contributed by atoms with E-state index < -0.39 is 0 Å². The van der Waals surface area contributed by atoms with Crippen molar-refractivity contribution in [3.05, 3.63) is 34.1 Å². The van der Waals surface area contributed by atoms with Crippen LogP contribution in [0, 0.1) is 5.82 Å². The highest BCUT2D eigenvalue weighted by Crippen LogP contribution is 2.20. The fourth-order valence-electron chi connectivity index (χ4n) is 2.12. The second kappa shape index (κ2) is 5.80. The molecule has 1 atom stereocenters. The topological polar surface area (TPSA) is 32.3 Å². The minimum atomic E-state index is -0.274. The SMILES string of the molecule is CCC1NCCN(Cc2ccc(F)cc2Br)C1=O. The summed E-state index contributed by atoms with van der Waals surface area (Å²) in [6.07, 6.45) is 0.792. The lowest BCUT2D eigenvalue weighted by atomic mass is 10.1. The predicted octanol–water partition coefficient (Wildman–Crippen LogP) is 2.30. The van der Waals surface area contributed by atoms with Gasteiger partial charge in [-0.25, -0.2) is 4.39 Å². The Hall–Kier alpha value is -0.940. The zero-order chi connectivity index (χ0) is 13.1. The Kier molecular flexibility index (Phi) is 4.35. The van der Waals surface area contributed by atoms with E-state index in [1.54, 1.807) is 6.07 Å². The molecule has 5 heteroatoms. The number of hydrogen-bond acceptors (Lipinski definition) is 2. The highest BCUT2D eigenvalue weighted by molar-refractivity contribution is 9.10. The summed E-state index contributed by atoms with van der Waals surface area (Å²) in [5.74, 6) is -0.149. The monoisotopic (exact) mass is 314 g/mol. The molecule has 0 bridgehead atoms. The van der Waals surface area contributed by atoms with Gasteiger partial charge in [-0.15, -0.1) is 0 Å². The highest BCUT2D eigenvalue weighted by Gasteiger charge is 2.26. The number of rotatable bonds is 3. The van der Waals surface area contributed by atoms with Gasteiger partial charge in [0, 0.05) is 24.1 Å². The van der Waals surface area contributed by atoms with E-state index in [0.717, 1.165) is 18.5 Å². The van der Waals surface area contributed by atoms with E-state index in [2.05, 4.69) is 21.2 Å². The number of halogens is 2. The number of amides is 1. The van der Waals surface area contributed by atoms with Crippen LogP contribution in [-0.4, -0.2) is 29.9 Å². The molecule has 1 aromatic rings. The molecule has 3 nitrogen and oxygen atoms in total. The van der Waals surface area contributed by atoms with Gasteiger partial charge < -0.3 is 10.2 Å². The first-order valence-electron chi connectivity index (χ1n) is 6.08. The van der Waals surface area contributed by atoms with E-state index >= 15 is 0 Å². The molecule has 1 fully saturated rings. The van der Waals surface area contributed by atoms with Gasteiger partial charge >= 0.3 is 0 Å². The molecule has 1 aliphatic heterocycles. The lowest BCUT2D eigenvalue weighted by Gasteiger charge is -2.33. The molecule has 1 saturated heterocycles. The molecule has 0 saturated carbocycles. The number of carbonyl (C=O) groups excluding carboxylic acids is 1. The van der Waals surface area contributed by atoms with Crippen molar-refractivity contribution in [3.63, 3.8) is 0 Å². The molecule has 2 rings (SSSR count). The van der Waals surface area contributed by atoms with E-state index in [0.29, 0.717) is 17.6 Å². The number of nitrogens with zero attached hydrogens (tertiary/aromatic N) is 1. The Morgan fingerprint density at radius 1 is 1.56 bits per heavy atom. The second-order valence-corrected chi connectivity index (χ2v) is 5.26. The quantitative estimate of drug-likeness (QED) is 0.928. The summed E-state index contributed by atoms with van der Waals surface area (Å²) in [5.41, 5.74) is 0.932. The number of carbonyl (C=O) groups is 1. The van der Waals surface area contributed by atoms with Gasteiger partial charge in [-0.1, -0.05) is 28.9 Å². The van der Waals surface area contributed by atoms with Gasteiger partial charge in [-0.2, -0.15) is 0 Å². The van der Waals surface area contributed by atoms with Crippen LogP contribution >= 0.6 is 15.9 Å². The van der Waals surface area contributed by atoms with Crippen molar-refractivity contribution >= 4 is 21.8 Å². The number of piperazine rings is 1. The summed E-state index contributed by atoms with van der Waals surface area (Å²) in [7, 11) is 0. The molecule has 0 aliphatic carbocycles. The maximum absolute atomic E-state index is 13.0. The summed E-state index contributed by atoms with van der Waals surface area (Å²) >= 11 is 3.33. The van der Waals surface area contributed by atoms with Gasteiger partial charge in [0.1, 0.15) is 5.82 Å². The van der Waals surface area contributed by atoms with Crippen molar-refractivity contribution in [2.45, 2.75) is 25.9 Å². The van der Waals surface area contributed by atoms with Gasteiger partial charge in [0.05, 0.1) is 6.04 Å². The molecule has 1 unspecified atom stereocenters. The van der Waals surface area contributed by atoms with E-state index in [1.165, 1.54) is 12.1 Å². The molecule has 0 radical (unpaired) electrons. The predicted molar refractivity (Wildman–Crippen MR) is 71.6 cm³/mol. The van der Waals surface area contributed by atoms with Crippen molar-refractivity contribution in [3.8, 4) is 0 Å². The lowest BCUT2D eigenvalue weighted by molar-refractivity contribution is -0.136. The van der Waals surface area contributed by atoms with E-state index in [9.17, 15) is 9.18 Å². The summed E-state index contributed by atoms with van der Waals surface area (Å²) in [6, 6.07) is 4.48. The Balaban J connectivity index is 2.10. The number of nitrogens with one attached hydrogen (secondary N) is 1. The number of hydrogen-bond donors (Lipinski definition) is 1. The smallest absolute Gasteiger partial charge is 0.240 e. The molecule has 1 N–H and O–H groups in total. The Morgan fingerprint density at radius 3 is 3.00 bits per heavy atom. The summed E-state index contributed by atoms with van der Waals surface area (Å²) < 4.78 is 13.7. The van der Waals surface area contributed by atoms with Crippen LogP contribution in [0.25, 0.3) is 0 Å². The average molecular weight is 315 g/mol. The van der Waals surface area contributed by atoms with E-state index in [1.807, 2.05) is 11.8 Å². The highest BCUT2D eigenvalue weighted by atomic mass is 79.9. The van der Waals surface area contributed by atoms with Crippen LogP contribution in [0.2, 0.25) is 0 Å². The molecule has 1 amide bonds. The molecule has 18 heavy (non-hydrogen) atoms. The fourth-order valence-corrected chi connectivity index (χ4v) is 2.60. The van der Waals surface area contributed by atoms with Crippen LogP contribution in [0.1, 0.15) is 18.9 Å². The van der Waals surface area contributed by atoms with Crippen LogP contribution in [0.4, 0.5) is 4.39 Å². The van der Waals surface area contributed by atoms with Gasteiger partial charge in [0.15, 0.2) is 0 Å². The minimum absolute atomic E-state index is 0.0852. The fraction of sp³-hybridized carbons (Fsp3) is 0.462. The van der Waals surface area contributed by atoms with Crippen LogP contribution in [0.5, 0.6) is 0 Å². The van der Waals surface area contributed by atoms with Crippen molar-refractivity contribution < 1.29 is 9.18 Å². The molecular formula is C13H16BrFN2O. The van der Waals surface area contributed by atoms with Crippen molar-refractivity contribution in [2.75, 3.05) is 13.1 Å². The van der Waals surface area contributed by atoms with Gasteiger partial charge in [-0.05, 0) is 24.1 Å². The normalized spacial score (nSPS) is 20.3. The van der Waals surface area contributed by atoms with Crippen molar-refractivity contribution in [1.29, 1.82) is 0 Å². The van der Waals surface area contributed by atoms with Crippen LogP contribution in [0.15, 0.2) is 22.7 Å². The average Bonchev–Trinajstić information content (AvgIpc) is 2.35. The Labute approximate surface area is 114 Å². The first-order valence-corrected chi connectivity index (χ1v) is 6.87. The third-order valence-electron chi connectivity index (χ3n) is 3.17. The van der Waals surface area contributed by atoms with Crippen LogP contribution in [-0.2, 0) is 11.3 Å². The number of benzene rings is 1. The third-order valence-corrected chi connectivity index (χ3v) is 3.90. The van der Waals surface area contributed by atoms with E-state index in [-0.39, 0.29) is 17.8 Å². The Morgan fingerprint density at radius 2 is 2.33 bits per heavy atom. The summed E-state index contributed by atoms with van der Waals surface area (Å²) in [5, 5.41) is 3.20. The zero-order valence-corrected chi connectivity index (χ0v) is 11.8. The largest absolute Gasteiger partial charge is 0.336 e. The molecule has 1 aliphatic rings. The van der Waals surface area contributed by atoms with Crippen molar-refractivity contribution in [1.82, 2.24) is 10.2 Å². The van der Waals surface area contributed by atoms with Crippen LogP contribution in [0.3, 0.4) is 0 Å². The molecule has 0 spiro atoms. The molecule has 1 heterocycles. The maximum atomic E-state index is 13.0. The first kappa shape index (κ1) is 13.5. The Bertz CT molecular complexity index is 453. The minimum Gasteiger partial charge on any atom is -0.336 e. The summed E-state index contributed by atoms with van der Waals surface area (Å²) in [4.78, 5) is 13.9. The lowest BCUT2D eigenvalue weighted by Crippen LogP contribution is -2.54. The van der Waals surface area contributed by atoms with Crippen LogP contribution < -0.4 is 5.32 Å². The van der Waals surface area contributed by atoms with Gasteiger partial charge in [0.2, 0.25) is 5.91 Å². The molecular weight excluding hydrogens is 299 g/mol. The molecule has 0 aromatic heterocycles. The van der Waals surface area contributed by atoms with Crippen molar-refractivity contribution in [2.24, 2.45) is 0 Å². The molecule has 98 valence electrons. The summed E-state index contributed by atoms with van der Waals surface area (Å²) in [6.45, 7) is 4.02. The maximum Gasteiger partial charge on any atom is 0.240 e.